The average Bonchev–Trinajstić information content (AvgIpc) is 2.55. The van der Waals surface area contributed by atoms with Crippen LogP contribution in [0.25, 0.3) is 22.6 Å². The van der Waals surface area contributed by atoms with Crippen molar-refractivity contribution in [3.05, 3.63) is 59.2 Å². The highest BCUT2D eigenvalue weighted by atomic mass is 79.9. The summed E-state index contributed by atoms with van der Waals surface area (Å²) in [7, 11) is 1.52. The molecule has 0 spiro atoms. The Bertz CT molecular complexity index is 821. The normalized spacial score (nSPS) is 10.5. The van der Waals surface area contributed by atoms with Crippen LogP contribution in [0, 0.1) is 0 Å². The van der Waals surface area contributed by atoms with E-state index in [1.54, 1.807) is 12.1 Å². The van der Waals surface area contributed by atoms with E-state index >= 15 is 0 Å². The van der Waals surface area contributed by atoms with E-state index in [1.807, 2.05) is 42.5 Å². The average molecular weight is 357 g/mol. The lowest BCUT2D eigenvalue weighted by molar-refractivity contribution is 0.374. The number of para-hydroxylation sites is 1. The molecular weight excluding hydrogens is 344 g/mol. The minimum Gasteiger partial charge on any atom is -0.504 e. The maximum Gasteiger partial charge on any atom is 0.167 e. The van der Waals surface area contributed by atoms with Crippen molar-refractivity contribution in [3.8, 4) is 34.1 Å². The second kappa shape index (κ2) is 6.15. The highest BCUT2D eigenvalue weighted by Crippen LogP contribution is 2.36. The summed E-state index contributed by atoms with van der Waals surface area (Å²) in [5.41, 5.74) is 2.78. The molecule has 3 rings (SSSR count). The van der Waals surface area contributed by atoms with Gasteiger partial charge >= 0.3 is 0 Å². The Morgan fingerprint density at radius 2 is 1.50 bits per heavy atom. The molecule has 0 saturated heterocycles. The van der Waals surface area contributed by atoms with Gasteiger partial charge < -0.3 is 9.84 Å². The third-order valence-electron chi connectivity index (χ3n) is 3.22. The van der Waals surface area contributed by atoms with Gasteiger partial charge in [0, 0.05) is 5.56 Å². The predicted octanol–water partition coefficient (Wildman–Crippen LogP) is 4.29. The molecule has 0 amide bonds. The first kappa shape index (κ1) is 14.5. The molecule has 2 heterocycles. The van der Waals surface area contributed by atoms with Gasteiger partial charge in [0.05, 0.1) is 24.2 Å². The molecule has 4 nitrogen and oxygen atoms in total. The molecule has 0 unspecified atom stereocenters. The molecule has 0 aliphatic heterocycles. The van der Waals surface area contributed by atoms with Crippen LogP contribution in [-0.4, -0.2) is 22.2 Å². The molecule has 1 aromatic carbocycles. The number of rotatable bonds is 3. The van der Waals surface area contributed by atoms with Crippen LogP contribution in [0.1, 0.15) is 0 Å². The summed E-state index contributed by atoms with van der Waals surface area (Å²) in [6.07, 6.45) is 0. The van der Waals surface area contributed by atoms with Crippen molar-refractivity contribution in [1.82, 2.24) is 9.97 Å². The SMILES string of the molecule is COc1cccc(-c2cccc(-c3cccc(Br)n3)n2)c1O. The molecule has 3 aromatic rings. The first-order valence-electron chi connectivity index (χ1n) is 6.65. The third-order valence-corrected chi connectivity index (χ3v) is 3.66. The highest BCUT2D eigenvalue weighted by Gasteiger charge is 2.11. The van der Waals surface area contributed by atoms with Crippen LogP contribution in [0.3, 0.4) is 0 Å². The summed E-state index contributed by atoms with van der Waals surface area (Å²) in [6.45, 7) is 0. The Morgan fingerprint density at radius 1 is 0.864 bits per heavy atom. The number of ether oxygens (including phenoxy) is 1. The summed E-state index contributed by atoms with van der Waals surface area (Å²) in [5.74, 6) is 0.502. The zero-order valence-corrected chi connectivity index (χ0v) is 13.4. The molecular formula is C17H13BrN2O2. The number of aromatic hydroxyl groups is 1. The Morgan fingerprint density at radius 3 is 2.23 bits per heavy atom. The second-order valence-electron chi connectivity index (χ2n) is 4.61. The maximum atomic E-state index is 10.3. The van der Waals surface area contributed by atoms with Crippen molar-refractivity contribution >= 4 is 15.9 Å². The van der Waals surface area contributed by atoms with Crippen molar-refractivity contribution in [2.75, 3.05) is 7.11 Å². The first-order chi connectivity index (χ1) is 10.7. The minimum absolute atomic E-state index is 0.0804. The summed E-state index contributed by atoms with van der Waals surface area (Å²) in [5, 5.41) is 10.3. The van der Waals surface area contributed by atoms with Crippen molar-refractivity contribution in [2.24, 2.45) is 0 Å². The molecule has 0 aliphatic carbocycles. The number of aromatic nitrogens is 2. The van der Waals surface area contributed by atoms with Crippen LogP contribution in [0.5, 0.6) is 11.5 Å². The van der Waals surface area contributed by atoms with Gasteiger partial charge in [-0.1, -0.05) is 18.2 Å². The summed E-state index contributed by atoms with van der Waals surface area (Å²) < 4.78 is 5.89. The standard InChI is InChI=1S/C17H13BrN2O2/c1-22-15-9-2-5-11(17(15)21)12-6-3-7-13(19-12)14-8-4-10-16(18)20-14/h2-10,21H,1H3. The number of methoxy groups -OCH3 is 1. The smallest absolute Gasteiger partial charge is 0.167 e. The van der Waals surface area contributed by atoms with Crippen LogP contribution in [-0.2, 0) is 0 Å². The van der Waals surface area contributed by atoms with Crippen LogP contribution < -0.4 is 4.74 Å². The topological polar surface area (TPSA) is 55.2 Å². The second-order valence-corrected chi connectivity index (χ2v) is 5.42. The quantitative estimate of drug-likeness (QED) is 0.711. The van der Waals surface area contributed by atoms with E-state index < -0.39 is 0 Å². The van der Waals surface area contributed by atoms with Gasteiger partial charge in [-0.15, -0.1) is 0 Å². The van der Waals surface area contributed by atoms with E-state index in [2.05, 4.69) is 25.9 Å². The van der Waals surface area contributed by atoms with Gasteiger partial charge in [-0.2, -0.15) is 0 Å². The number of nitrogens with zero attached hydrogens (tertiary/aromatic N) is 2. The van der Waals surface area contributed by atoms with Crippen LogP contribution in [0.15, 0.2) is 59.2 Å². The summed E-state index contributed by atoms with van der Waals surface area (Å²) >= 11 is 3.36. The van der Waals surface area contributed by atoms with Gasteiger partial charge in [0.1, 0.15) is 4.60 Å². The Hall–Kier alpha value is -2.40. The van der Waals surface area contributed by atoms with Gasteiger partial charge in [0.2, 0.25) is 0 Å². The van der Waals surface area contributed by atoms with E-state index in [0.717, 1.165) is 16.0 Å². The van der Waals surface area contributed by atoms with E-state index in [1.165, 1.54) is 7.11 Å². The van der Waals surface area contributed by atoms with Crippen LogP contribution in [0.4, 0.5) is 0 Å². The van der Waals surface area contributed by atoms with Gasteiger partial charge in [-0.05, 0) is 52.3 Å². The lowest BCUT2D eigenvalue weighted by Crippen LogP contribution is -1.92. The van der Waals surface area contributed by atoms with Gasteiger partial charge in [-0.25, -0.2) is 9.97 Å². The number of phenolic OH excluding ortho intramolecular Hbond substituents is 1. The zero-order valence-electron chi connectivity index (χ0n) is 11.8. The minimum atomic E-state index is 0.0804. The molecule has 22 heavy (non-hydrogen) atoms. The highest BCUT2D eigenvalue weighted by molar-refractivity contribution is 9.10. The zero-order chi connectivity index (χ0) is 15.5. The largest absolute Gasteiger partial charge is 0.504 e. The molecule has 0 fully saturated rings. The lowest BCUT2D eigenvalue weighted by atomic mass is 10.1. The molecule has 0 atom stereocenters. The number of hydrogen-bond acceptors (Lipinski definition) is 4. The molecule has 1 N–H and O–H groups in total. The monoisotopic (exact) mass is 356 g/mol. The van der Waals surface area contributed by atoms with Crippen LogP contribution in [0.2, 0.25) is 0 Å². The van der Waals surface area contributed by atoms with Crippen molar-refractivity contribution in [1.29, 1.82) is 0 Å². The van der Waals surface area contributed by atoms with Gasteiger partial charge in [-0.3, -0.25) is 0 Å². The molecule has 110 valence electrons. The Kier molecular flexibility index (Phi) is 4.06. The fourth-order valence-electron chi connectivity index (χ4n) is 2.17. The number of hydrogen-bond donors (Lipinski definition) is 1. The third kappa shape index (κ3) is 2.80. The van der Waals surface area contributed by atoms with Crippen molar-refractivity contribution in [2.45, 2.75) is 0 Å². The number of benzene rings is 1. The molecule has 0 bridgehead atoms. The van der Waals surface area contributed by atoms with Crippen LogP contribution >= 0.6 is 15.9 Å². The molecule has 2 aromatic heterocycles. The Balaban J connectivity index is 2.09. The van der Waals surface area contributed by atoms with Crippen molar-refractivity contribution in [3.63, 3.8) is 0 Å². The van der Waals surface area contributed by atoms with E-state index in [-0.39, 0.29) is 5.75 Å². The molecule has 0 aliphatic rings. The molecule has 0 saturated carbocycles. The van der Waals surface area contributed by atoms with Gasteiger partial charge in [0.25, 0.3) is 0 Å². The van der Waals surface area contributed by atoms with E-state index in [4.69, 9.17) is 4.74 Å². The van der Waals surface area contributed by atoms with E-state index in [0.29, 0.717) is 17.0 Å². The predicted molar refractivity (Wildman–Crippen MR) is 88.8 cm³/mol. The fourth-order valence-corrected chi connectivity index (χ4v) is 2.52. The maximum absolute atomic E-state index is 10.3. The Labute approximate surface area is 136 Å². The number of phenols is 1. The molecule has 5 heteroatoms. The molecule has 0 radical (unpaired) electrons. The van der Waals surface area contributed by atoms with E-state index in [9.17, 15) is 5.11 Å². The summed E-state index contributed by atoms with van der Waals surface area (Å²) in [4.78, 5) is 8.99. The van der Waals surface area contributed by atoms with Crippen molar-refractivity contribution < 1.29 is 9.84 Å². The summed E-state index contributed by atoms with van der Waals surface area (Å²) in [6, 6.07) is 16.6. The van der Waals surface area contributed by atoms with Gasteiger partial charge in [0.15, 0.2) is 11.5 Å². The number of halogens is 1. The fraction of sp³-hybridized carbons (Fsp3) is 0.0588. The number of pyridine rings is 2. The lowest BCUT2D eigenvalue weighted by Gasteiger charge is -2.09. The first-order valence-corrected chi connectivity index (χ1v) is 7.44.